The Hall–Kier alpha value is -0.410. The molecule has 0 saturated carbocycles. The summed E-state index contributed by atoms with van der Waals surface area (Å²) in [6, 6.07) is 0. The Balaban J connectivity index is 2.83. The number of hydrogen-bond acceptors (Lipinski definition) is 6. The van der Waals surface area contributed by atoms with Crippen molar-refractivity contribution < 1.29 is 27.9 Å². The highest BCUT2D eigenvalue weighted by molar-refractivity contribution is 8.17. The second-order valence-electron chi connectivity index (χ2n) is 3.62. The molecule has 0 aromatic carbocycles. The zero-order valence-electron chi connectivity index (χ0n) is 14.5. The Labute approximate surface area is 133 Å². The number of halogens is 2. The minimum absolute atomic E-state index is 0.448. The van der Waals surface area contributed by atoms with Crippen LogP contribution in [0, 0.1) is 11.8 Å². The fourth-order valence-corrected chi connectivity index (χ4v) is 2.85. The molecule has 2 rings (SSSR count). The van der Waals surface area contributed by atoms with E-state index in [0.717, 1.165) is 12.2 Å². The minimum Gasteiger partial charge on any atom is -0.295 e. The fourth-order valence-electron chi connectivity index (χ4n) is 1.52. The summed E-state index contributed by atoms with van der Waals surface area (Å²) < 4.78 is 91.1. The molecule has 0 saturated heterocycles. The summed E-state index contributed by atoms with van der Waals surface area (Å²) >= 11 is 0. The molecular formula is C10H11Cl2NO5S2. The minimum atomic E-state index is -4.87. The van der Waals surface area contributed by atoms with Crippen molar-refractivity contribution in [3.63, 3.8) is 0 Å². The smallest absolute Gasteiger partial charge is 0.295 e. The van der Waals surface area contributed by atoms with Crippen molar-refractivity contribution in [2.24, 2.45) is 16.8 Å². The summed E-state index contributed by atoms with van der Waals surface area (Å²) in [5.41, 5.74) is 0. The first kappa shape index (κ1) is 10.3. The summed E-state index contributed by atoms with van der Waals surface area (Å²) in [5, 5.41) is 0. The van der Waals surface area contributed by atoms with Gasteiger partial charge in [0.05, 0.1) is 7.65 Å². The largest absolute Gasteiger partial charge is 0.356 e. The lowest BCUT2D eigenvalue weighted by Crippen LogP contribution is -2.31. The van der Waals surface area contributed by atoms with E-state index in [1.165, 1.54) is 0 Å². The number of rotatable bonds is 3. The van der Waals surface area contributed by atoms with Crippen molar-refractivity contribution in [2.75, 3.05) is 6.52 Å². The first-order chi connectivity index (χ1) is 11.1. The van der Waals surface area contributed by atoms with Crippen LogP contribution in [0.15, 0.2) is 28.1 Å². The summed E-state index contributed by atoms with van der Waals surface area (Å²) in [4.78, 5) is 2.79. The van der Waals surface area contributed by atoms with Gasteiger partial charge in [-0.2, -0.15) is 8.42 Å². The molecular weight excluding hydrogens is 349 g/mol. The average Bonchev–Trinajstić information content (AvgIpc) is 2.47. The van der Waals surface area contributed by atoms with Gasteiger partial charge in [0.15, 0.2) is 0 Å². The second kappa shape index (κ2) is 5.76. The molecule has 0 amide bonds. The van der Waals surface area contributed by atoms with Gasteiger partial charge in [-0.25, -0.2) is 12.6 Å². The van der Waals surface area contributed by atoms with Gasteiger partial charge in [-0.15, -0.1) is 0 Å². The van der Waals surface area contributed by atoms with Gasteiger partial charge in [0.2, 0.25) is 0 Å². The van der Waals surface area contributed by atoms with Crippen LogP contribution in [-0.2, 0) is 22.6 Å². The van der Waals surface area contributed by atoms with E-state index in [1.54, 1.807) is 0 Å². The SMILES string of the molecule is [2H]C1N=CC([2H])(OS(=O)(=O)Cl)C2([2H])C=C(S(=O)(=O)Cl)C=CC2([2H])C1[2H]. The van der Waals surface area contributed by atoms with Crippen LogP contribution in [0.5, 0.6) is 0 Å². The lowest BCUT2D eigenvalue weighted by atomic mass is 9.83. The van der Waals surface area contributed by atoms with Crippen molar-refractivity contribution in [3.8, 4) is 0 Å². The Morgan fingerprint density at radius 3 is 2.70 bits per heavy atom. The zero-order valence-corrected chi connectivity index (χ0v) is 12.7. The summed E-state index contributed by atoms with van der Waals surface area (Å²) in [7, 11) is 0.942. The predicted octanol–water partition coefficient (Wildman–Crippen LogP) is 1.58. The highest BCUT2D eigenvalue weighted by atomic mass is 35.7. The van der Waals surface area contributed by atoms with Gasteiger partial charge in [0, 0.05) is 44.1 Å². The molecule has 1 aliphatic heterocycles. The predicted molar refractivity (Wildman–Crippen MR) is 76.6 cm³/mol. The molecule has 6 nitrogen and oxygen atoms in total. The van der Waals surface area contributed by atoms with E-state index in [2.05, 4.69) is 9.18 Å². The van der Waals surface area contributed by atoms with Gasteiger partial charge in [-0.05, 0) is 18.4 Å². The molecule has 0 N–H and O–H groups in total. The Morgan fingerprint density at radius 1 is 1.40 bits per heavy atom. The van der Waals surface area contributed by atoms with Gasteiger partial charge >= 0.3 is 9.33 Å². The first-order valence-electron chi connectivity index (χ1n) is 7.62. The average molecular weight is 365 g/mol. The molecule has 0 aromatic heterocycles. The van der Waals surface area contributed by atoms with Crippen molar-refractivity contribution in [3.05, 3.63) is 23.1 Å². The van der Waals surface area contributed by atoms with Crippen LogP contribution in [0.1, 0.15) is 13.3 Å². The Kier molecular flexibility index (Phi) is 2.98. The van der Waals surface area contributed by atoms with E-state index < -0.39 is 54.1 Å². The van der Waals surface area contributed by atoms with Crippen LogP contribution < -0.4 is 0 Å². The molecule has 5 unspecified atom stereocenters. The van der Waals surface area contributed by atoms with Crippen LogP contribution >= 0.6 is 21.4 Å². The summed E-state index contributed by atoms with van der Waals surface area (Å²) in [5.74, 6) is -5.30. The molecule has 1 aliphatic carbocycles. The van der Waals surface area contributed by atoms with Crippen LogP contribution in [0.3, 0.4) is 0 Å². The fraction of sp³-hybridized carbons (Fsp3) is 0.500. The van der Waals surface area contributed by atoms with E-state index in [4.69, 9.17) is 28.2 Å². The molecule has 5 atom stereocenters. The second-order valence-corrected chi connectivity index (χ2v) is 8.27. The number of nitrogens with zero attached hydrogens (tertiary/aromatic N) is 1. The van der Waals surface area contributed by atoms with Gasteiger partial charge in [0.1, 0.15) is 6.08 Å². The highest BCUT2D eigenvalue weighted by Gasteiger charge is 2.34. The third-order valence-corrected chi connectivity index (χ3v) is 4.21. The maximum Gasteiger partial charge on any atom is 0.356 e. The molecule has 0 aromatic rings. The Morgan fingerprint density at radius 2 is 2.10 bits per heavy atom. The van der Waals surface area contributed by atoms with Crippen LogP contribution in [-0.4, -0.2) is 35.7 Å². The van der Waals surface area contributed by atoms with Crippen LogP contribution in [0.2, 0.25) is 0 Å². The van der Waals surface area contributed by atoms with Gasteiger partial charge < -0.3 is 0 Å². The maximum absolute atomic E-state index is 11.6. The van der Waals surface area contributed by atoms with Gasteiger partial charge in [-0.1, -0.05) is 12.2 Å². The van der Waals surface area contributed by atoms with E-state index in [9.17, 15) is 16.8 Å². The van der Waals surface area contributed by atoms with Crippen molar-refractivity contribution >= 4 is 46.0 Å². The van der Waals surface area contributed by atoms with E-state index in [-0.39, 0.29) is 0 Å². The summed E-state index contributed by atoms with van der Waals surface area (Å²) in [6.45, 7) is -1.66. The lowest BCUT2D eigenvalue weighted by molar-refractivity contribution is 0.210. The molecule has 0 bridgehead atoms. The molecule has 0 fully saturated rings. The number of allylic oxidation sites excluding steroid dienone is 2. The zero-order chi connectivity index (χ0) is 19.5. The highest BCUT2D eigenvalue weighted by Crippen LogP contribution is 2.34. The molecule has 20 heavy (non-hydrogen) atoms. The molecule has 1 heterocycles. The third-order valence-electron chi connectivity index (χ3n) is 2.29. The standard InChI is InChI=1S/C10H11Cl2NO5S2/c11-19(14,15)8-2-1-7-3-4-13-6-10(9(7)5-8)18-20(12,16)17/h1-2,5-7,9-10H,3-4H2/i3D,4D,7D,9D,10D. The summed E-state index contributed by atoms with van der Waals surface area (Å²) in [6.07, 6.45) is -2.19. The molecule has 2 aliphatic rings. The van der Waals surface area contributed by atoms with Crippen molar-refractivity contribution in [2.45, 2.75) is 12.5 Å². The van der Waals surface area contributed by atoms with Crippen LogP contribution in [0.4, 0.5) is 0 Å². The van der Waals surface area contributed by atoms with E-state index in [0.29, 0.717) is 12.3 Å². The Bertz CT molecular complexity index is 893. The quantitative estimate of drug-likeness (QED) is 0.709. The van der Waals surface area contributed by atoms with Gasteiger partial charge in [-0.3, -0.25) is 4.99 Å². The normalized spacial score (nSPS) is 52.5. The first-order valence-corrected chi connectivity index (χ1v) is 9.51. The van der Waals surface area contributed by atoms with E-state index in [1.807, 2.05) is 0 Å². The van der Waals surface area contributed by atoms with Crippen LogP contribution in [0.25, 0.3) is 0 Å². The molecule has 0 radical (unpaired) electrons. The molecule has 0 spiro atoms. The van der Waals surface area contributed by atoms with Gasteiger partial charge in [0.25, 0.3) is 9.05 Å². The topological polar surface area (TPSA) is 89.9 Å². The van der Waals surface area contributed by atoms with E-state index >= 15 is 0 Å². The third kappa shape index (κ3) is 4.05. The number of aliphatic imine (C=N–C) groups is 1. The molecule has 112 valence electrons. The number of hydrogen-bond donors (Lipinski definition) is 0. The van der Waals surface area contributed by atoms with Crippen molar-refractivity contribution in [1.29, 1.82) is 0 Å². The number of fused-ring (bicyclic) bond motifs is 1. The maximum atomic E-state index is 11.6. The molecule has 10 heteroatoms. The van der Waals surface area contributed by atoms with Crippen molar-refractivity contribution in [1.82, 2.24) is 0 Å². The lowest BCUT2D eigenvalue weighted by Gasteiger charge is -2.27. The monoisotopic (exact) mass is 364 g/mol.